The summed E-state index contributed by atoms with van der Waals surface area (Å²) >= 11 is 5.87. The summed E-state index contributed by atoms with van der Waals surface area (Å²) in [6, 6.07) is 6.84. The molecule has 1 amide bonds. The van der Waals surface area contributed by atoms with E-state index >= 15 is 0 Å². The summed E-state index contributed by atoms with van der Waals surface area (Å²) in [7, 11) is 0. The van der Waals surface area contributed by atoms with Crippen LogP contribution in [0.1, 0.15) is 19.8 Å². The van der Waals surface area contributed by atoms with Crippen molar-refractivity contribution in [1.82, 2.24) is 4.90 Å². The van der Waals surface area contributed by atoms with Gasteiger partial charge in [0.05, 0.1) is 5.92 Å². The van der Waals surface area contributed by atoms with Crippen molar-refractivity contribution in [3.05, 3.63) is 29.3 Å². The van der Waals surface area contributed by atoms with Gasteiger partial charge in [-0.2, -0.15) is 0 Å². The van der Waals surface area contributed by atoms with Gasteiger partial charge in [-0.1, -0.05) is 17.7 Å². The molecule has 1 aromatic rings. The number of carbonyl (C=O) groups is 2. The normalized spacial score (nSPS) is 19.9. The number of amides is 1. The molecule has 1 unspecified atom stereocenters. The first-order valence-electron chi connectivity index (χ1n) is 6.91. The molecule has 114 valence electrons. The van der Waals surface area contributed by atoms with E-state index in [1.807, 2.05) is 0 Å². The van der Waals surface area contributed by atoms with Gasteiger partial charge in [0, 0.05) is 18.1 Å². The van der Waals surface area contributed by atoms with Crippen LogP contribution in [0.4, 0.5) is 0 Å². The summed E-state index contributed by atoms with van der Waals surface area (Å²) in [6.45, 7) is 2.48. The third kappa shape index (κ3) is 4.11. The first-order chi connectivity index (χ1) is 9.97. The fourth-order valence-electron chi connectivity index (χ4n) is 2.43. The molecule has 1 fully saturated rings. The van der Waals surface area contributed by atoms with Gasteiger partial charge in [0.2, 0.25) is 0 Å². The fraction of sp³-hybridized carbons (Fsp3) is 0.467. The highest BCUT2D eigenvalue weighted by atomic mass is 35.5. The number of hydrogen-bond acceptors (Lipinski definition) is 3. The van der Waals surface area contributed by atoms with Gasteiger partial charge in [0.25, 0.3) is 5.91 Å². The molecule has 1 aliphatic heterocycles. The van der Waals surface area contributed by atoms with Gasteiger partial charge in [-0.25, -0.2) is 0 Å². The number of nitrogens with zero attached hydrogens (tertiary/aromatic N) is 1. The van der Waals surface area contributed by atoms with Crippen LogP contribution in [0.2, 0.25) is 5.02 Å². The van der Waals surface area contributed by atoms with Crippen LogP contribution in [0, 0.1) is 5.92 Å². The highest BCUT2D eigenvalue weighted by Crippen LogP contribution is 2.21. The van der Waals surface area contributed by atoms with Gasteiger partial charge in [-0.3, -0.25) is 9.59 Å². The van der Waals surface area contributed by atoms with Crippen molar-refractivity contribution in [2.45, 2.75) is 25.9 Å². The Kier molecular flexibility index (Phi) is 5.07. The average molecular weight is 312 g/mol. The van der Waals surface area contributed by atoms with Gasteiger partial charge >= 0.3 is 5.97 Å². The third-order valence-corrected chi connectivity index (χ3v) is 3.77. The molecule has 21 heavy (non-hydrogen) atoms. The third-order valence-electron chi connectivity index (χ3n) is 3.54. The van der Waals surface area contributed by atoms with E-state index in [4.69, 9.17) is 21.4 Å². The molecular formula is C15H18ClNO4. The lowest BCUT2D eigenvalue weighted by atomic mass is 9.98. The molecule has 5 nitrogen and oxygen atoms in total. The molecule has 0 aromatic heterocycles. The van der Waals surface area contributed by atoms with Gasteiger partial charge < -0.3 is 14.7 Å². The molecule has 1 saturated heterocycles. The Labute approximate surface area is 128 Å². The monoisotopic (exact) mass is 311 g/mol. The largest absolute Gasteiger partial charge is 0.481 e. The van der Waals surface area contributed by atoms with E-state index in [1.165, 1.54) is 0 Å². The summed E-state index contributed by atoms with van der Waals surface area (Å²) in [5.41, 5.74) is 0. The van der Waals surface area contributed by atoms with Crippen molar-refractivity contribution >= 4 is 23.5 Å². The maximum absolute atomic E-state index is 12.3. The lowest BCUT2D eigenvalue weighted by molar-refractivity contribution is -0.147. The van der Waals surface area contributed by atoms with Crippen molar-refractivity contribution in [1.29, 1.82) is 0 Å². The summed E-state index contributed by atoms with van der Waals surface area (Å²) in [4.78, 5) is 24.9. The Morgan fingerprint density at radius 3 is 2.90 bits per heavy atom. The Morgan fingerprint density at radius 1 is 1.48 bits per heavy atom. The molecule has 0 bridgehead atoms. The number of aliphatic carboxylic acids is 1. The molecular weight excluding hydrogens is 294 g/mol. The second-order valence-corrected chi connectivity index (χ2v) is 5.62. The highest BCUT2D eigenvalue weighted by Gasteiger charge is 2.30. The van der Waals surface area contributed by atoms with Crippen molar-refractivity contribution in [3.8, 4) is 5.75 Å². The van der Waals surface area contributed by atoms with Crippen LogP contribution >= 0.6 is 11.6 Å². The zero-order valence-corrected chi connectivity index (χ0v) is 12.5. The van der Waals surface area contributed by atoms with E-state index in [9.17, 15) is 9.59 Å². The molecule has 1 aromatic carbocycles. The van der Waals surface area contributed by atoms with Crippen LogP contribution in [0.3, 0.4) is 0 Å². The lowest BCUT2D eigenvalue weighted by Gasteiger charge is -2.32. The molecule has 1 aliphatic rings. The number of carboxylic acid groups (broad SMARTS) is 1. The number of halogens is 1. The number of piperidine rings is 1. The van der Waals surface area contributed by atoms with Crippen LogP contribution in [-0.2, 0) is 9.59 Å². The predicted molar refractivity (Wildman–Crippen MR) is 78.5 cm³/mol. The number of likely N-dealkylation sites (tertiary alicyclic amines) is 1. The van der Waals surface area contributed by atoms with Gasteiger partial charge in [0.15, 0.2) is 6.10 Å². The van der Waals surface area contributed by atoms with E-state index in [1.54, 1.807) is 36.1 Å². The van der Waals surface area contributed by atoms with Crippen molar-refractivity contribution in [2.75, 3.05) is 13.1 Å². The molecule has 1 heterocycles. The molecule has 0 spiro atoms. The molecule has 1 N–H and O–H groups in total. The standard InChI is InChI=1S/C15H18ClNO4/c1-10(21-13-6-2-5-12(16)8-13)14(18)17-7-3-4-11(9-17)15(19)20/h2,5-6,8,10-11H,3-4,7,9H2,1H3,(H,19,20)/t10?,11-/m1/s1. The van der Waals surface area contributed by atoms with Crippen LogP contribution in [-0.4, -0.2) is 41.1 Å². The maximum Gasteiger partial charge on any atom is 0.308 e. The Morgan fingerprint density at radius 2 is 2.24 bits per heavy atom. The number of hydrogen-bond donors (Lipinski definition) is 1. The molecule has 0 radical (unpaired) electrons. The Hall–Kier alpha value is -1.75. The van der Waals surface area contributed by atoms with Gasteiger partial charge in [0.1, 0.15) is 5.75 Å². The zero-order chi connectivity index (χ0) is 15.4. The fourth-order valence-corrected chi connectivity index (χ4v) is 2.61. The highest BCUT2D eigenvalue weighted by molar-refractivity contribution is 6.30. The van der Waals surface area contributed by atoms with Crippen LogP contribution in [0.15, 0.2) is 24.3 Å². The molecule has 0 saturated carbocycles. The lowest BCUT2D eigenvalue weighted by Crippen LogP contribution is -2.47. The number of rotatable bonds is 4. The number of ether oxygens (including phenoxy) is 1. The first kappa shape index (κ1) is 15.6. The minimum absolute atomic E-state index is 0.194. The first-order valence-corrected chi connectivity index (χ1v) is 7.29. The zero-order valence-electron chi connectivity index (χ0n) is 11.8. The van der Waals surface area contributed by atoms with E-state index in [-0.39, 0.29) is 12.5 Å². The minimum Gasteiger partial charge on any atom is -0.481 e. The predicted octanol–water partition coefficient (Wildman–Crippen LogP) is 2.43. The van der Waals surface area contributed by atoms with E-state index < -0.39 is 18.0 Å². The molecule has 2 atom stereocenters. The quantitative estimate of drug-likeness (QED) is 0.927. The van der Waals surface area contributed by atoms with Crippen LogP contribution < -0.4 is 4.74 Å². The summed E-state index contributed by atoms with van der Waals surface area (Å²) in [5.74, 6) is -1.01. The molecule has 6 heteroatoms. The second-order valence-electron chi connectivity index (χ2n) is 5.18. The molecule has 2 rings (SSSR count). The SMILES string of the molecule is CC(Oc1cccc(Cl)c1)C(=O)N1CCC[C@@H](C(=O)O)C1. The number of carboxylic acids is 1. The van der Waals surface area contributed by atoms with Crippen molar-refractivity contribution in [2.24, 2.45) is 5.92 Å². The average Bonchev–Trinajstić information content (AvgIpc) is 2.46. The minimum atomic E-state index is -0.851. The van der Waals surface area contributed by atoms with Crippen LogP contribution in [0.25, 0.3) is 0 Å². The van der Waals surface area contributed by atoms with E-state index in [0.29, 0.717) is 30.2 Å². The topological polar surface area (TPSA) is 66.8 Å². The Bertz CT molecular complexity index is 534. The van der Waals surface area contributed by atoms with Crippen LogP contribution in [0.5, 0.6) is 5.75 Å². The summed E-state index contributed by atoms with van der Waals surface area (Å²) in [6.07, 6.45) is 0.644. The van der Waals surface area contributed by atoms with Crippen molar-refractivity contribution < 1.29 is 19.4 Å². The van der Waals surface area contributed by atoms with Gasteiger partial charge in [-0.05, 0) is 38.0 Å². The summed E-state index contributed by atoms with van der Waals surface area (Å²) < 4.78 is 5.58. The summed E-state index contributed by atoms with van der Waals surface area (Å²) in [5, 5.41) is 9.60. The Balaban J connectivity index is 1.97. The smallest absolute Gasteiger partial charge is 0.308 e. The number of carbonyl (C=O) groups excluding carboxylic acids is 1. The van der Waals surface area contributed by atoms with Crippen molar-refractivity contribution in [3.63, 3.8) is 0 Å². The number of benzene rings is 1. The van der Waals surface area contributed by atoms with Gasteiger partial charge in [-0.15, -0.1) is 0 Å². The van der Waals surface area contributed by atoms with E-state index in [2.05, 4.69) is 0 Å². The van der Waals surface area contributed by atoms with E-state index in [0.717, 1.165) is 0 Å². The molecule has 0 aliphatic carbocycles. The maximum atomic E-state index is 12.3. The second kappa shape index (κ2) is 6.80.